The smallest absolute Gasteiger partial charge is 0.326 e. The van der Waals surface area contributed by atoms with Gasteiger partial charge >= 0.3 is 11.9 Å². The summed E-state index contributed by atoms with van der Waals surface area (Å²) in [6.07, 6.45) is 2.12. The Balaban J connectivity index is 2.60. The van der Waals surface area contributed by atoms with Crippen LogP contribution in [0.5, 0.6) is 0 Å². The molecule has 1 fully saturated rings. The van der Waals surface area contributed by atoms with Crippen LogP contribution in [0.15, 0.2) is 0 Å². The Morgan fingerprint density at radius 3 is 2.63 bits per heavy atom. The number of carboxylic acid groups (broad SMARTS) is 1. The van der Waals surface area contributed by atoms with Crippen molar-refractivity contribution < 1.29 is 24.2 Å². The van der Waals surface area contributed by atoms with Crippen LogP contribution in [-0.4, -0.2) is 42.6 Å². The minimum atomic E-state index is -1.25. The summed E-state index contributed by atoms with van der Waals surface area (Å²) in [7, 11) is 1.17. The second kappa shape index (κ2) is 7.08. The zero-order valence-corrected chi connectivity index (χ0v) is 10.9. The molecule has 0 aromatic carbocycles. The summed E-state index contributed by atoms with van der Waals surface area (Å²) in [6.45, 7) is 0.410. The Hall–Kier alpha value is -1.63. The van der Waals surface area contributed by atoms with Crippen LogP contribution in [0.25, 0.3) is 0 Å². The van der Waals surface area contributed by atoms with Crippen LogP contribution in [0.1, 0.15) is 25.7 Å². The molecule has 0 radical (unpaired) electrons. The van der Waals surface area contributed by atoms with Gasteiger partial charge in [0.25, 0.3) is 0 Å². The fourth-order valence-electron chi connectivity index (χ4n) is 2.39. The van der Waals surface area contributed by atoms with Crippen LogP contribution in [0.2, 0.25) is 0 Å². The van der Waals surface area contributed by atoms with E-state index in [1.807, 2.05) is 0 Å². The molecule has 0 aliphatic heterocycles. The van der Waals surface area contributed by atoms with Crippen molar-refractivity contribution in [3.63, 3.8) is 0 Å². The lowest BCUT2D eigenvalue weighted by atomic mass is 9.95. The highest BCUT2D eigenvalue weighted by Gasteiger charge is 2.34. The van der Waals surface area contributed by atoms with E-state index >= 15 is 0 Å². The van der Waals surface area contributed by atoms with Crippen molar-refractivity contribution in [3.05, 3.63) is 0 Å². The molecule has 1 saturated carbocycles. The molecular formula is C12H20N2O5. The first-order valence-electron chi connectivity index (χ1n) is 6.29. The lowest BCUT2D eigenvalue weighted by Crippen LogP contribution is -2.46. The first-order chi connectivity index (χ1) is 8.99. The normalized spacial score (nSPS) is 23.7. The molecule has 0 spiro atoms. The van der Waals surface area contributed by atoms with Crippen LogP contribution in [0.3, 0.4) is 0 Å². The maximum Gasteiger partial charge on any atom is 0.326 e. The number of hydrogen-bond acceptors (Lipinski definition) is 5. The predicted octanol–water partition coefficient (Wildman–Crippen LogP) is -0.506. The van der Waals surface area contributed by atoms with E-state index in [-0.39, 0.29) is 24.2 Å². The number of carboxylic acids is 1. The molecule has 7 heteroatoms. The third-order valence-electron chi connectivity index (χ3n) is 3.51. The molecule has 7 nitrogen and oxygen atoms in total. The fraction of sp³-hybridized carbons (Fsp3) is 0.750. The van der Waals surface area contributed by atoms with Crippen molar-refractivity contribution in [2.45, 2.75) is 31.7 Å². The molecule has 1 aliphatic carbocycles. The number of carbonyl (C=O) groups excluding carboxylic acids is 2. The Morgan fingerprint density at radius 2 is 2.11 bits per heavy atom. The number of nitrogens with two attached hydrogens (primary N) is 1. The van der Waals surface area contributed by atoms with E-state index in [2.05, 4.69) is 10.1 Å². The molecule has 2 unspecified atom stereocenters. The summed E-state index contributed by atoms with van der Waals surface area (Å²) in [5.41, 5.74) is 5.58. The molecule has 1 amide bonds. The predicted molar refractivity (Wildman–Crippen MR) is 66.1 cm³/mol. The highest BCUT2D eigenvalue weighted by atomic mass is 16.5. The van der Waals surface area contributed by atoms with E-state index in [1.165, 1.54) is 7.11 Å². The second-order valence-electron chi connectivity index (χ2n) is 4.71. The monoisotopic (exact) mass is 272 g/mol. The number of methoxy groups -OCH3 is 1. The van der Waals surface area contributed by atoms with E-state index in [9.17, 15) is 14.4 Å². The van der Waals surface area contributed by atoms with Crippen molar-refractivity contribution >= 4 is 17.8 Å². The largest absolute Gasteiger partial charge is 0.480 e. The second-order valence-corrected chi connectivity index (χ2v) is 4.71. The molecule has 108 valence electrons. The number of aliphatic carboxylic acids is 1. The molecule has 0 saturated heterocycles. The van der Waals surface area contributed by atoms with Gasteiger partial charge in [0.1, 0.15) is 6.04 Å². The topological polar surface area (TPSA) is 119 Å². The summed E-state index contributed by atoms with van der Waals surface area (Å²) in [4.78, 5) is 34.1. The van der Waals surface area contributed by atoms with Crippen LogP contribution < -0.4 is 11.1 Å². The van der Waals surface area contributed by atoms with Gasteiger partial charge in [0.2, 0.25) is 5.91 Å². The molecule has 0 aromatic heterocycles. The molecule has 19 heavy (non-hydrogen) atoms. The number of amides is 1. The Kier molecular flexibility index (Phi) is 5.75. The van der Waals surface area contributed by atoms with Crippen molar-refractivity contribution in [1.82, 2.24) is 5.32 Å². The molecule has 0 aromatic rings. The molecule has 3 atom stereocenters. The standard InChI is InChI=1S/C12H20N2O5/c1-19-10(15)5-9(12(17)18)14-11(16)8-4-2-3-7(8)6-13/h7-9H,2-6,13H2,1H3,(H,14,16)(H,17,18)/t7?,8?,9-/m0/s1. The quantitative estimate of drug-likeness (QED) is 0.560. The zero-order valence-electron chi connectivity index (χ0n) is 10.9. The van der Waals surface area contributed by atoms with E-state index in [4.69, 9.17) is 10.8 Å². The summed E-state index contributed by atoms with van der Waals surface area (Å²) in [5, 5.41) is 11.4. The van der Waals surface area contributed by atoms with Gasteiger partial charge in [0, 0.05) is 5.92 Å². The number of hydrogen-bond donors (Lipinski definition) is 3. The number of nitrogens with one attached hydrogen (secondary N) is 1. The highest BCUT2D eigenvalue weighted by Crippen LogP contribution is 2.31. The van der Waals surface area contributed by atoms with Crippen LogP contribution in [0, 0.1) is 11.8 Å². The minimum absolute atomic E-state index is 0.0903. The summed E-state index contributed by atoms with van der Waals surface area (Å²) in [6, 6.07) is -1.25. The van der Waals surface area contributed by atoms with Gasteiger partial charge in [-0.1, -0.05) is 6.42 Å². The van der Waals surface area contributed by atoms with Gasteiger partial charge in [-0.05, 0) is 25.3 Å². The molecule has 0 heterocycles. The first-order valence-corrected chi connectivity index (χ1v) is 6.29. The lowest BCUT2D eigenvalue weighted by Gasteiger charge is -2.20. The van der Waals surface area contributed by atoms with Gasteiger partial charge in [0.05, 0.1) is 13.5 Å². The average molecular weight is 272 g/mol. The van der Waals surface area contributed by atoms with Crippen molar-refractivity contribution in [1.29, 1.82) is 0 Å². The average Bonchev–Trinajstić information content (AvgIpc) is 2.85. The molecule has 0 bridgehead atoms. The summed E-state index contributed by atoms with van der Waals surface area (Å²) < 4.78 is 4.41. The Morgan fingerprint density at radius 1 is 1.42 bits per heavy atom. The van der Waals surface area contributed by atoms with Crippen LogP contribution in [-0.2, 0) is 19.1 Å². The Bertz CT molecular complexity index is 358. The third-order valence-corrected chi connectivity index (χ3v) is 3.51. The van der Waals surface area contributed by atoms with Gasteiger partial charge in [-0.3, -0.25) is 9.59 Å². The highest BCUT2D eigenvalue weighted by molar-refractivity contribution is 5.88. The lowest BCUT2D eigenvalue weighted by molar-refractivity contribution is -0.149. The van der Waals surface area contributed by atoms with Gasteiger partial charge in [-0.15, -0.1) is 0 Å². The van der Waals surface area contributed by atoms with Crippen molar-refractivity contribution in [2.24, 2.45) is 17.6 Å². The molecule has 1 aliphatic rings. The first kappa shape index (κ1) is 15.4. The van der Waals surface area contributed by atoms with Crippen molar-refractivity contribution in [2.75, 3.05) is 13.7 Å². The van der Waals surface area contributed by atoms with Gasteiger partial charge in [-0.25, -0.2) is 4.79 Å². The van der Waals surface area contributed by atoms with Crippen LogP contribution >= 0.6 is 0 Å². The minimum Gasteiger partial charge on any atom is -0.480 e. The van der Waals surface area contributed by atoms with Crippen molar-refractivity contribution in [3.8, 4) is 0 Å². The number of ether oxygens (including phenoxy) is 1. The summed E-state index contributed by atoms with van der Waals surface area (Å²) >= 11 is 0. The summed E-state index contributed by atoms with van der Waals surface area (Å²) in [5.74, 6) is -2.43. The fourth-order valence-corrected chi connectivity index (χ4v) is 2.39. The van der Waals surface area contributed by atoms with E-state index in [1.54, 1.807) is 0 Å². The Labute approximate surface area is 111 Å². The van der Waals surface area contributed by atoms with Gasteiger partial charge < -0.3 is 20.9 Å². The van der Waals surface area contributed by atoms with E-state index < -0.39 is 18.0 Å². The maximum atomic E-state index is 12.0. The number of rotatable bonds is 6. The SMILES string of the molecule is COC(=O)C[C@H](NC(=O)C1CCCC1CN)C(=O)O. The van der Waals surface area contributed by atoms with E-state index in [0.717, 1.165) is 12.8 Å². The molecule has 1 rings (SSSR count). The van der Waals surface area contributed by atoms with E-state index in [0.29, 0.717) is 13.0 Å². The number of esters is 1. The van der Waals surface area contributed by atoms with Gasteiger partial charge in [-0.2, -0.15) is 0 Å². The van der Waals surface area contributed by atoms with Crippen LogP contribution in [0.4, 0.5) is 0 Å². The van der Waals surface area contributed by atoms with Gasteiger partial charge in [0.15, 0.2) is 0 Å². The zero-order chi connectivity index (χ0) is 14.4. The number of carbonyl (C=O) groups is 3. The maximum absolute atomic E-state index is 12.0. The molecular weight excluding hydrogens is 252 g/mol. The third kappa shape index (κ3) is 4.20. The molecule has 4 N–H and O–H groups in total.